The maximum Gasteiger partial charge on any atom is 0.305 e. The second kappa shape index (κ2) is 7.73. The summed E-state index contributed by atoms with van der Waals surface area (Å²) in [7, 11) is 1.39. The minimum absolute atomic E-state index is 0.0710. The van der Waals surface area contributed by atoms with Gasteiger partial charge in [0.25, 0.3) is 5.91 Å². The predicted molar refractivity (Wildman–Crippen MR) is 82.4 cm³/mol. The van der Waals surface area contributed by atoms with E-state index in [9.17, 15) is 9.59 Å². The SMILES string of the molecule is COC(=O)CCCCCNC(=O)c1ccc2ncsc2c1. The molecule has 5 nitrogen and oxygen atoms in total. The molecule has 6 heteroatoms. The summed E-state index contributed by atoms with van der Waals surface area (Å²) >= 11 is 1.52. The van der Waals surface area contributed by atoms with Crippen molar-refractivity contribution < 1.29 is 14.3 Å². The number of hydrogen-bond donors (Lipinski definition) is 1. The first-order valence-electron chi connectivity index (χ1n) is 6.89. The summed E-state index contributed by atoms with van der Waals surface area (Å²) in [5.41, 5.74) is 3.34. The zero-order valence-corrected chi connectivity index (χ0v) is 12.7. The summed E-state index contributed by atoms with van der Waals surface area (Å²) in [5.74, 6) is -0.254. The van der Waals surface area contributed by atoms with Crippen molar-refractivity contribution >= 4 is 33.4 Å². The molecule has 0 saturated carbocycles. The van der Waals surface area contributed by atoms with Crippen molar-refractivity contribution in [1.82, 2.24) is 10.3 Å². The highest BCUT2D eigenvalue weighted by Gasteiger charge is 2.07. The number of ether oxygens (including phenoxy) is 1. The lowest BCUT2D eigenvalue weighted by Gasteiger charge is -2.05. The molecule has 1 N–H and O–H groups in total. The lowest BCUT2D eigenvalue weighted by molar-refractivity contribution is -0.140. The van der Waals surface area contributed by atoms with Gasteiger partial charge in [0.15, 0.2) is 0 Å². The molecule has 112 valence electrons. The number of thiazole rings is 1. The zero-order chi connectivity index (χ0) is 15.1. The molecule has 0 radical (unpaired) electrons. The van der Waals surface area contributed by atoms with Crippen LogP contribution in [0.1, 0.15) is 36.0 Å². The third-order valence-corrected chi connectivity index (χ3v) is 3.96. The van der Waals surface area contributed by atoms with Gasteiger partial charge in [-0.1, -0.05) is 6.42 Å². The molecule has 0 aliphatic heterocycles. The van der Waals surface area contributed by atoms with Crippen molar-refractivity contribution in [3.05, 3.63) is 29.3 Å². The molecule has 1 amide bonds. The van der Waals surface area contributed by atoms with Gasteiger partial charge < -0.3 is 10.1 Å². The number of nitrogens with one attached hydrogen (secondary N) is 1. The normalized spacial score (nSPS) is 10.5. The van der Waals surface area contributed by atoms with Gasteiger partial charge in [0.2, 0.25) is 0 Å². The largest absolute Gasteiger partial charge is 0.469 e. The fourth-order valence-electron chi connectivity index (χ4n) is 1.97. The maximum atomic E-state index is 12.0. The minimum atomic E-state index is -0.183. The Morgan fingerprint density at radius 2 is 2.14 bits per heavy atom. The highest BCUT2D eigenvalue weighted by atomic mass is 32.1. The average Bonchev–Trinajstić information content (AvgIpc) is 2.97. The summed E-state index contributed by atoms with van der Waals surface area (Å²) in [6.45, 7) is 0.612. The van der Waals surface area contributed by atoms with Crippen LogP contribution in [0.25, 0.3) is 10.2 Å². The van der Waals surface area contributed by atoms with E-state index in [4.69, 9.17) is 0 Å². The summed E-state index contributed by atoms with van der Waals surface area (Å²) < 4.78 is 5.58. The molecule has 2 aromatic rings. The second-order valence-corrected chi connectivity index (χ2v) is 5.56. The molecule has 0 unspecified atom stereocenters. The first kappa shape index (κ1) is 15.4. The highest BCUT2D eigenvalue weighted by Crippen LogP contribution is 2.18. The van der Waals surface area contributed by atoms with Gasteiger partial charge in [-0.25, -0.2) is 4.98 Å². The summed E-state index contributed by atoms with van der Waals surface area (Å²) in [6, 6.07) is 5.51. The zero-order valence-electron chi connectivity index (χ0n) is 11.9. The molecule has 1 aromatic heterocycles. The van der Waals surface area contributed by atoms with E-state index in [1.807, 2.05) is 12.1 Å². The third-order valence-electron chi connectivity index (χ3n) is 3.16. The van der Waals surface area contributed by atoms with Crippen LogP contribution < -0.4 is 5.32 Å². The van der Waals surface area contributed by atoms with E-state index in [0.717, 1.165) is 29.5 Å². The first-order valence-corrected chi connectivity index (χ1v) is 7.77. The van der Waals surface area contributed by atoms with Crippen LogP contribution in [0.4, 0.5) is 0 Å². The molecule has 2 rings (SSSR count). The number of unbranched alkanes of at least 4 members (excludes halogenated alkanes) is 2. The van der Waals surface area contributed by atoms with Gasteiger partial charge in [-0.05, 0) is 31.0 Å². The highest BCUT2D eigenvalue weighted by molar-refractivity contribution is 7.16. The standard InChI is InChI=1S/C15H18N2O3S/c1-20-14(18)5-3-2-4-8-16-15(19)11-6-7-12-13(9-11)21-10-17-12/h6-7,9-10H,2-5,8H2,1H3,(H,16,19). The predicted octanol–water partition coefficient (Wildman–Crippen LogP) is 2.76. The summed E-state index contributed by atoms with van der Waals surface area (Å²) in [6.07, 6.45) is 2.97. The fraction of sp³-hybridized carbons (Fsp3) is 0.400. The molecule has 1 aromatic carbocycles. The van der Waals surface area contributed by atoms with Crippen molar-refractivity contribution in [2.75, 3.05) is 13.7 Å². The monoisotopic (exact) mass is 306 g/mol. The van der Waals surface area contributed by atoms with E-state index in [2.05, 4.69) is 15.0 Å². The smallest absolute Gasteiger partial charge is 0.305 e. The lowest BCUT2D eigenvalue weighted by Crippen LogP contribution is -2.24. The van der Waals surface area contributed by atoms with Crippen LogP contribution in [0.2, 0.25) is 0 Å². The summed E-state index contributed by atoms with van der Waals surface area (Å²) in [4.78, 5) is 27.1. The number of esters is 1. The topological polar surface area (TPSA) is 68.3 Å². The van der Waals surface area contributed by atoms with Crippen LogP contribution >= 0.6 is 11.3 Å². The van der Waals surface area contributed by atoms with E-state index in [1.165, 1.54) is 18.4 Å². The van der Waals surface area contributed by atoms with Crippen LogP contribution in [0, 0.1) is 0 Å². The Bertz CT molecular complexity index is 624. The molecule has 0 aliphatic carbocycles. The number of hydrogen-bond acceptors (Lipinski definition) is 5. The van der Waals surface area contributed by atoms with Crippen molar-refractivity contribution in [3.8, 4) is 0 Å². The van der Waals surface area contributed by atoms with Crippen molar-refractivity contribution in [3.63, 3.8) is 0 Å². The number of nitrogens with zero attached hydrogens (tertiary/aromatic N) is 1. The average molecular weight is 306 g/mol. The Labute approximate surface area is 127 Å². The number of rotatable bonds is 7. The van der Waals surface area contributed by atoms with Gasteiger partial charge in [-0.3, -0.25) is 9.59 Å². The van der Waals surface area contributed by atoms with Crippen molar-refractivity contribution in [2.24, 2.45) is 0 Å². The molecule has 0 spiro atoms. The molecular formula is C15H18N2O3S. The number of carbonyl (C=O) groups excluding carboxylic acids is 2. The number of aromatic nitrogens is 1. The molecule has 0 fully saturated rings. The van der Waals surface area contributed by atoms with Crippen LogP contribution in [0.5, 0.6) is 0 Å². The maximum absolute atomic E-state index is 12.0. The van der Waals surface area contributed by atoms with E-state index < -0.39 is 0 Å². The number of methoxy groups -OCH3 is 1. The Kier molecular flexibility index (Phi) is 5.68. The van der Waals surface area contributed by atoms with E-state index in [-0.39, 0.29) is 11.9 Å². The van der Waals surface area contributed by atoms with Crippen molar-refractivity contribution in [2.45, 2.75) is 25.7 Å². The number of fused-ring (bicyclic) bond motifs is 1. The molecule has 0 atom stereocenters. The first-order chi connectivity index (χ1) is 10.2. The molecule has 0 bridgehead atoms. The van der Waals surface area contributed by atoms with Gasteiger partial charge in [-0.2, -0.15) is 0 Å². The molecule has 21 heavy (non-hydrogen) atoms. The van der Waals surface area contributed by atoms with Gasteiger partial charge in [0.05, 0.1) is 22.8 Å². The molecular weight excluding hydrogens is 288 g/mol. The number of benzene rings is 1. The van der Waals surface area contributed by atoms with Gasteiger partial charge in [-0.15, -0.1) is 11.3 Å². The van der Waals surface area contributed by atoms with Crippen LogP contribution in [-0.4, -0.2) is 30.5 Å². The van der Waals surface area contributed by atoms with Crippen LogP contribution in [0.3, 0.4) is 0 Å². The Balaban J connectivity index is 1.70. The molecule has 0 aliphatic rings. The van der Waals surface area contributed by atoms with Crippen molar-refractivity contribution in [1.29, 1.82) is 0 Å². The third kappa shape index (κ3) is 4.53. The lowest BCUT2D eigenvalue weighted by atomic mass is 10.2. The van der Waals surface area contributed by atoms with Gasteiger partial charge in [0, 0.05) is 18.5 Å². The minimum Gasteiger partial charge on any atom is -0.469 e. The molecule has 1 heterocycles. The number of amides is 1. The Morgan fingerprint density at radius 3 is 2.95 bits per heavy atom. The van der Waals surface area contributed by atoms with E-state index in [0.29, 0.717) is 18.5 Å². The van der Waals surface area contributed by atoms with E-state index in [1.54, 1.807) is 11.6 Å². The number of carbonyl (C=O) groups is 2. The Hall–Kier alpha value is -1.95. The summed E-state index contributed by atoms with van der Waals surface area (Å²) in [5, 5.41) is 2.89. The van der Waals surface area contributed by atoms with Crippen LogP contribution in [0.15, 0.2) is 23.7 Å². The van der Waals surface area contributed by atoms with Gasteiger partial charge >= 0.3 is 5.97 Å². The fourth-order valence-corrected chi connectivity index (χ4v) is 2.69. The van der Waals surface area contributed by atoms with Crippen LogP contribution in [-0.2, 0) is 9.53 Å². The molecule has 0 saturated heterocycles. The van der Waals surface area contributed by atoms with Gasteiger partial charge in [0.1, 0.15) is 0 Å². The quantitative estimate of drug-likeness (QED) is 0.631. The second-order valence-electron chi connectivity index (χ2n) is 4.68. The van der Waals surface area contributed by atoms with E-state index >= 15 is 0 Å². The Morgan fingerprint density at radius 1 is 1.29 bits per heavy atom.